The minimum atomic E-state index is 0.256. The number of hydrogen-bond acceptors (Lipinski definition) is 4. The van der Waals surface area contributed by atoms with Crippen LogP contribution in [0.2, 0.25) is 0 Å². The van der Waals surface area contributed by atoms with Crippen molar-refractivity contribution in [3.05, 3.63) is 18.2 Å². The second-order valence-electron chi connectivity index (χ2n) is 5.96. The van der Waals surface area contributed by atoms with E-state index in [1.807, 2.05) is 12.1 Å². The highest BCUT2D eigenvalue weighted by atomic mass is 15.3. The van der Waals surface area contributed by atoms with E-state index in [0.29, 0.717) is 11.4 Å². The summed E-state index contributed by atoms with van der Waals surface area (Å²) < 4.78 is 0. The van der Waals surface area contributed by atoms with Gasteiger partial charge in [0.15, 0.2) is 0 Å². The van der Waals surface area contributed by atoms with E-state index < -0.39 is 0 Å². The molecule has 0 unspecified atom stereocenters. The van der Waals surface area contributed by atoms with Gasteiger partial charge in [-0.2, -0.15) is 0 Å². The molecule has 0 atom stereocenters. The maximum Gasteiger partial charge on any atom is 0.0568 e. The van der Waals surface area contributed by atoms with Crippen LogP contribution in [0.1, 0.15) is 20.8 Å². The summed E-state index contributed by atoms with van der Waals surface area (Å²) in [5.74, 6) is 0. The Morgan fingerprint density at radius 1 is 0.944 bits per heavy atom. The van der Waals surface area contributed by atoms with Gasteiger partial charge < -0.3 is 16.4 Å². The Balaban J connectivity index is 2.03. The van der Waals surface area contributed by atoms with Gasteiger partial charge in [-0.05, 0) is 39.0 Å². The van der Waals surface area contributed by atoms with E-state index in [2.05, 4.69) is 36.6 Å². The summed E-state index contributed by atoms with van der Waals surface area (Å²) in [7, 11) is 0. The maximum atomic E-state index is 5.86. The number of hydrogen-bond donors (Lipinski definition) is 2. The summed E-state index contributed by atoms with van der Waals surface area (Å²) in [6, 6.07) is 5.92. The second-order valence-corrected chi connectivity index (χ2v) is 5.96. The highest BCUT2D eigenvalue weighted by molar-refractivity contribution is 5.69. The molecule has 4 heteroatoms. The van der Waals surface area contributed by atoms with Gasteiger partial charge in [-0.3, -0.25) is 4.90 Å². The lowest BCUT2D eigenvalue weighted by atomic mass is 10.0. The van der Waals surface area contributed by atoms with Crippen LogP contribution in [0.15, 0.2) is 18.2 Å². The van der Waals surface area contributed by atoms with Gasteiger partial charge in [0.05, 0.1) is 11.4 Å². The monoisotopic (exact) mass is 248 g/mol. The van der Waals surface area contributed by atoms with Crippen LogP contribution in [0, 0.1) is 0 Å². The van der Waals surface area contributed by atoms with Gasteiger partial charge in [0, 0.05) is 37.4 Å². The fraction of sp³-hybridized carbons (Fsp3) is 0.571. The second kappa shape index (κ2) is 4.69. The minimum absolute atomic E-state index is 0.256. The van der Waals surface area contributed by atoms with Crippen molar-refractivity contribution in [1.82, 2.24) is 4.90 Å². The molecule has 100 valence electrons. The first kappa shape index (κ1) is 13.0. The van der Waals surface area contributed by atoms with E-state index in [1.54, 1.807) is 0 Å². The van der Waals surface area contributed by atoms with Crippen LogP contribution < -0.4 is 16.4 Å². The first-order valence-corrected chi connectivity index (χ1v) is 6.53. The minimum Gasteiger partial charge on any atom is -0.397 e. The maximum absolute atomic E-state index is 5.86. The lowest BCUT2D eigenvalue weighted by molar-refractivity contribution is 0.128. The average molecular weight is 248 g/mol. The summed E-state index contributed by atoms with van der Waals surface area (Å²) in [6.45, 7) is 11.1. The number of nitrogens with two attached hydrogens (primary N) is 2. The van der Waals surface area contributed by atoms with Gasteiger partial charge in [0.2, 0.25) is 0 Å². The van der Waals surface area contributed by atoms with E-state index >= 15 is 0 Å². The van der Waals surface area contributed by atoms with Crippen LogP contribution in [0.3, 0.4) is 0 Å². The molecule has 4 nitrogen and oxygen atoms in total. The number of anilines is 3. The van der Waals surface area contributed by atoms with Gasteiger partial charge in [0.25, 0.3) is 0 Å². The highest BCUT2D eigenvalue weighted by Gasteiger charge is 2.25. The SMILES string of the molecule is CC(C)(C)N1CCN(c2ccc(N)c(N)c2)CC1. The molecule has 0 radical (unpaired) electrons. The van der Waals surface area contributed by atoms with Crippen LogP contribution in [-0.2, 0) is 0 Å². The Hall–Kier alpha value is -1.42. The smallest absolute Gasteiger partial charge is 0.0568 e. The number of nitrogen functional groups attached to an aromatic ring is 2. The van der Waals surface area contributed by atoms with Crippen molar-refractivity contribution in [2.24, 2.45) is 0 Å². The molecule has 1 aromatic carbocycles. The van der Waals surface area contributed by atoms with Crippen LogP contribution >= 0.6 is 0 Å². The summed E-state index contributed by atoms with van der Waals surface area (Å²) in [6.07, 6.45) is 0. The molecule has 0 amide bonds. The molecule has 1 aliphatic rings. The molecule has 0 spiro atoms. The third kappa shape index (κ3) is 2.70. The molecule has 1 aliphatic heterocycles. The van der Waals surface area contributed by atoms with Gasteiger partial charge in [0.1, 0.15) is 0 Å². The third-order valence-electron chi connectivity index (χ3n) is 3.66. The molecule has 1 saturated heterocycles. The molecule has 1 aromatic rings. The summed E-state index contributed by atoms with van der Waals surface area (Å²) >= 11 is 0. The Labute approximate surface area is 110 Å². The van der Waals surface area contributed by atoms with E-state index in [0.717, 1.165) is 26.2 Å². The number of nitrogens with zero attached hydrogens (tertiary/aromatic N) is 2. The summed E-state index contributed by atoms with van der Waals surface area (Å²) in [5, 5.41) is 0. The third-order valence-corrected chi connectivity index (χ3v) is 3.66. The van der Waals surface area contributed by atoms with E-state index in [1.165, 1.54) is 5.69 Å². The number of benzene rings is 1. The fourth-order valence-corrected chi connectivity index (χ4v) is 2.39. The molecule has 1 heterocycles. The van der Waals surface area contributed by atoms with E-state index in [-0.39, 0.29) is 5.54 Å². The van der Waals surface area contributed by atoms with Crippen molar-refractivity contribution in [3.63, 3.8) is 0 Å². The zero-order valence-corrected chi connectivity index (χ0v) is 11.6. The highest BCUT2D eigenvalue weighted by Crippen LogP contribution is 2.25. The fourth-order valence-electron chi connectivity index (χ4n) is 2.39. The molecular weight excluding hydrogens is 224 g/mol. The van der Waals surface area contributed by atoms with E-state index in [9.17, 15) is 0 Å². The zero-order chi connectivity index (χ0) is 13.3. The van der Waals surface area contributed by atoms with Gasteiger partial charge in [-0.25, -0.2) is 0 Å². The molecule has 0 aliphatic carbocycles. The van der Waals surface area contributed by atoms with Crippen LogP contribution in [0.5, 0.6) is 0 Å². The molecule has 1 fully saturated rings. The van der Waals surface area contributed by atoms with Crippen molar-refractivity contribution >= 4 is 17.1 Å². The predicted octanol–water partition coefficient (Wildman–Crippen LogP) is 1.77. The summed E-state index contributed by atoms with van der Waals surface area (Å²) in [5.41, 5.74) is 14.4. The van der Waals surface area contributed by atoms with Crippen LogP contribution in [0.4, 0.5) is 17.1 Å². The largest absolute Gasteiger partial charge is 0.397 e. The van der Waals surface area contributed by atoms with Crippen LogP contribution in [0.25, 0.3) is 0 Å². The molecule has 2 rings (SSSR count). The molecule has 0 bridgehead atoms. The Kier molecular flexibility index (Phi) is 3.39. The van der Waals surface area contributed by atoms with Gasteiger partial charge in [-0.15, -0.1) is 0 Å². The quantitative estimate of drug-likeness (QED) is 0.744. The Morgan fingerprint density at radius 2 is 1.56 bits per heavy atom. The zero-order valence-electron chi connectivity index (χ0n) is 11.6. The molecule has 0 saturated carbocycles. The lowest BCUT2D eigenvalue weighted by Gasteiger charge is -2.43. The molecule has 0 aromatic heterocycles. The molecule has 4 N–H and O–H groups in total. The molecule has 18 heavy (non-hydrogen) atoms. The topological polar surface area (TPSA) is 58.5 Å². The Morgan fingerprint density at radius 3 is 2.06 bits per heavy atom. The van der Waals surface area contributed by atoms with Crippen molar-refractivity contribution in [2.75, 3.05) is 42.5 Å². The lowest BCUT2D eigenvalue weighted by Crippen LogP contribution is -2.53. The normalized spacial score (nSPS) is 18.1. The van der Waals surface area contributed by atoms with Crippen LogP contribution in [-0.4, -0.2) is 36.6 Å². The van der Waals surface area contributed by atoms with Crippen molar-refractivity contribution in [3.8, 4) is 0 Å². The Bertz CT molecular complexity index is 414. The average Bonchev–Trinajstić information content (AvgIpc) is 2.32. The number of rotatable bonds is 1. The number of piperazine rings is 1. The first-order chi connectivity index (χ1) is 8.38. The van der Waals surface area contributed by atoms with E-state index in [4.69, 9.17) is 11.5 Å². The van der Waals surface area contributed by atoms with Crippen molar-refractivity contribution in [2.45, 2.75) is 26.3 Å². The van der Waals surface area contributed by atoms with Crippen molar-refractivity contribution in [1.29, 1.82) is 0 Å². The van der Waals surface area contributed by atoms with Gasteiger partial charge in [-0.1, -0.05) is 0 Å². The van der Waals surface area contributed by atoms with Crippen molar-refractivity contribution < 1.29 is 0 Å². The standard InChI is InChI=1S/C14H24N4/c1-14(2,3)18-8-6-17(7-9-18)11-4-5-12(15)13(16)10-11/h4-5,10H,6-9,15-16H2,1-3H3. The van der Waals surface area contributed by atoms with Gasteiger partial charge >= 0.3 is 0 Å². The molecular formula is C14H24N4. The predicted molar refractivity (Wildman–Crippen MR) is 78.8 cm³/mol. The summed E-state index contributed by atoms with van der Waals surface area (Å²) in [4.78, 5) is 4.89. The first-order valence-electron chi connectivity index (χ1n) is 6.53.